The average molecular weight is 201 g/mol. The van der Waals surface area contributed by atoms with E-state index in [9.17, 15) is 4.79 Å². The minimum absolute atomic E-state index is 0.441. The molecule has 0 saturated heterocycles. The van der Waals surface area contributed by atoms with Crippen LogP contribution in [0, 0.1) is 0 Å². The van der Waals surface area contributed by atoms with E-state index >= 15 is 0 Å². The molecule has 0 amide bonds. The van der Waals surface area contributed by atoms with E-state index in [1.165, 1.54) is 0 Å². The van der Waals surface area contributed by atoms with Gasteiger partial charge in [-0.3, -0.25) is 4.79 Å². The van der Waals surface area contributed by atoms with Crippen LogP contribution in [0.25, 0.3) is 16.5 Å². The highest BCUT2D eigenvalue weighted by Gasteiger charge is 1.94. The van der Waals surface area contributed by atoms with Crippen LogP contribution in [0.1, 0.15) is 22.3 Å². The number of nitrogens with zero attached hydrogens (tertiary/aromatic N) is 3. The molecule has 1 aromatic rings. The largest absolute Gasteiger partial charge is 0.298 e. The average Bonchev–Trinajstić information content (AvgIpc) is 2.29. The van der Waals surface area contributed by atoms with Gasteiger partial charge in [-0.15, -0.1) is 0 Å². The van der Waals surface area contributed by atoms with Crippen molar-refractivity contribution in [3.63, 3.8) is 0 Å². The standard InChI is InChI=1S/C11H11N3O/c12-14-13-8-4-3-6-10-5-1-2-7-11(10)9-15/h1-3,5-7,9H,4,8H2. The summed E-state index contributed by atoms with van der Waals surface area (Å²) in [5.74, 6) is 0. The highest BCUT2D eigenvalue weighted by molar-refractivity contribution is 5.81. The second-order valence-electron chi connectivity index (χ2n) is 2.89. The van der Waals surface area contributed by atoms with E-state index < -0.39 is 0 Å². The van der Waals surface area contributed by atoms with Crippen LogP contribution in [0.5, 0.6) is 0 Å². The summed E-state index contributed by atoms with van der Waals surface area (Å²) in [6, 6.07) is 7.33. The molecule has 0 radical (unpaired) electrons. The summed E-state index contributed by atoms with van der Waals surface area (Å²) in [7, 11) is 0. The molecule has 0 heterocycles. The Morgan fingerprint density at radius 2 is 2.07 bits per heavy atom. The number of aldehydes is 1. The van der Waals surface area contributed by atoms with Crippen LogP contribution in [0.15, 0.2) is 35.5 Å². The molecule has 0 aromatic heterocycles. The monoisotopic (exact) mass is 201 g/mol. The molecular formula is C11H11N3O. The Hall–Kier alpha value is -2.06. The number of hydrogen-bond acceptors (Lipinski definition) is 2. The molecule has 0 aliphatic rings. The Morgan fingerprint density at radius 3 is 2.73 bits per heavy atom. The van der Waals surface area contributed by atoms with E-state index in [0.29, 0.717) is 18.5 Å². The summed E-state index contributed by atoms with van der Waals surface area (Å²) < 4.78 is 0. The van der Waals surface area contributed by atoms with Gasteiger partial charge in [0, 0.05) is 17.0 Å². The summed E-state index contributed by atoms with van der Waals surface area (Å²) in [6.07, 6.45) is 5.25. The van der Waals surface area contributed by atoms with Crippen LogP contribution in [-0.2, 0) is 0 Å². The Bertz CT molecular complexity index is 406. The minimum Gasteiger partial charge on any atom is -0.298 e. The predicted octanol–water partition coefficient (Wildman–Crippen LogP) is 3.21. The molecule has 1 aromatic carbocycles. The maximum absolute atomic E-state index is 10.7. The van der Waals surface area contributed by atoms with E-state index in [1.54, 1.807) is 6.07 Å². The lowest BCUT2D eigenvalue weighted by Crippen LogP contribution is -1.84. The Morgan fingerprint density at radius 1 is 1.33 bits per heavy atom. The molecule has 0 N–H and O–H groups in total. The predicted molar refractivity (Wildman–Crippen MR) is 59.5 cm³/mol. The highest BCUT2D eigenvalue weighted by atomic mass is 16.1. The van der Waals surface area contributed by atoms with Gasteiger partial charge in [0.05, 0.1) is 0 Å². The van der Waals surface area contributed by atoms with E-state index in [4.69, 9.17) is 5.53 Å². The van der Waals surface area contributed by atoms with Crippen molar-refractivity contribution >= 4 is 12.4 Å². The normalized spacial score (nSPS) is 9.87. The van der Waals surface area contributed by atoms with E-state index in [-0.39, 0.29) is 0 Å². The van der Waals surface area contributed by atoms with Crippen molar-refractivity contribution in [2.45, 2.75) is 6.42 Å². The molecular weight excluding hydrogens is 190 g/mol. The lowest BCUT2D eigenvalue weighted by Gasteiger charge is -1.96. The number of rotatable bonds is 5. The van der Waals surface area contributed by atoms with Gasteiger partial charge >= 0.3 is 0 Å². The zero-order valence-electron chi connectivity index (χ0n) is 8.21. The first-order chi connectivity index (χ1) is 7.38. The van der Waals surface area contributed by atoms with Crippen molar-refractivity contribution in [1.29, 1.82) is 0 Å². The lowest BCUT2D eigenvalue weighted by atomic mass is 10.1. The van der Waals surface area contributed by atoms with E-state index in [1.807, 2.05) is 30.4 Å². The number of carbonyl (C=O) groups excluding carboxylic acids is 1. The van der Waals surface area contributed by atoms with Crippen molar-refractivity contribution in [2.75, 3.05) is 6.54 Å². The van der Waals surface area contributed by atoms with Crippen molar-refractivity contribution in [3.05, 3.63) is 51.9 Å². The Labute approximate surface area is 87.9 Å². The quantitative estimate of drug-likeness (QED) is 0.237. The fourth-order valence-electron chi connectivity index (χ4n) is 1.16. The smallest absolute Gasteiger partial charge is 0.150 e. The third kappa shape index (κ3) is 3.67. The van der Waals surface area contributed by atoms with Gasteiger partial charge in [-0.1, -0.05) is 41.5 Å². The van der Waals surface area contributed by atoms with Crippen LogP contribution in [0.4, 0.5) is 0 Å². The summed E-state index contributed by atoms with van der Waals surface area (Å²) in [5.41, 5.74) is 9.60. The third-order valence-corrected chi connectivity index (χ3v) is 1.88. The molecule has 1 rings (SSSR count). The summed E-state index contributed by atoms with van der Waals surface area (Å²) in [4.78, 5) is 13.3. The van der Waals surface area contributed by atoms with Crippen LogP contribution in [-0.4, -0.2) is 12.8 Å². The van der Waals surface area contributed by atoms with Gasteiger partial charge in [-0.25, -0.2) is 0 Å². The number of azide groups is 1. The molecule has 0 saturated carbocycles. The summed E-state index contributed by atoms with van der Waals surface area (Å²) >= 11 is 0. The Kier molecular flexibility index (Phi) is 4.70. The molecule has 0 unspecified atom stereocenters. The summed E-state index contributed by atoms with van der Waals surface area (Å²) in [5, 5.41) is 3.41. The first-order valence-corrected chi connectivity index (χ1v) is 4.60. The zero-order valence-corrected chi connectivity index (χ0v) is 8.21. The second kappa shape index (κ2) is 6.40. The summed E-state index contributed by atoms with van der Waals surface area (Å²) in [6.45, 7) is 0.441. The highest BCUT2D eigenvalue weighted by Crippen LogP contribution is 2.08. The van der Waals surface area contributed by atoms with Crippen molar-refractivity contribution in [2.24, 2.45) is 5.11 Å². The van der Waals surface area contributed by atoms with Gasteiger partial charge in [0.1, 0.15) is 0 Å². The molecule has 76 valence electrons. The molecule has 0 atom stereocenters. The van der Waals surface area contributed by atoms with Crippen LogP contribution >= 0.6 is 0 Å². The van der Waals surface area contributed by atoms with Crippen LogP contribution in [0.2, 0.25) is 0 Å². The molecule has 0 aliphatic carbocycles. The van der Waals surface area contributed by atoms with Crippen LogP contribution < -0.4 is 0 Å². The molecule has 0 spiro atoms. The number of benzene rings is 1. The minimum atomic E-state index is 0.441. The van der Waals surface area contributed by atoms with Gasteiger partial charge in [0.2, 0.25) is 0 Å². The number of carbonyl (C=O) groups is 1. The van der Waals surface area contributed by atoms with Gasteiger partial charge in [0.15, 0.2) is 6.29 Å². The molecule has 0 aliphatic heterocycles. The van der Waals surface area contributed by atoms with Crippen molar-refractivity contribution < 1.29 is 4.79 Å². The lowest BCUT2D eigenvalue weighted by molar-refractivity contribution is 0.112. The Balaban J connectivity index is 2.63. The third-order valence-electron chi connectivity index (χ3n) is 1.88. The first-order valence-electron chi connectivity index (χ1n) is 4.60. The van der Waals surface area contributed by atoms with E-state index in [2.05, 4.69) is 10.0 Å². The van der Waals surface area contributed by atoms with Crippen molar-refractivity contribution in [1.82, 2.24) is 0 Å². The van der Waals surface area contributed by atoms with Gasteiger partial charge in [-0.05, 0) is 17.5 Å². The maximum atomic E-state index is 10.7. The van der Waals surface area contributed by atoms with Gasteiger partial charge < -0.3 is 0 Å². The molecule has 4 heteroatoms. The molecule has 0 bridgehead atoms. The van der Waals surface area contributed by atoms with E-state index in [0.717, 1.165) is 11.8 Å². The topological polar surface area (TPSA) is 65.8 Å². The van der Waals surface area contributed by atoms with Gasteiger partial charge in [0.25, 0.3) is 0 Å². The number of hydrogen-bond donors (Lipinski definition) is 0. The molecule has 0 fully saturated rings. The van der Waals surface area contributed by atoms with Crippen LogP contribution in [0.3, 0.4) is 0 Å². The second-order valence-corrected chi connectivity index (χ2v) is 2.89. The zero-order chi connectivity index (χ0) is 10.9. The molecule has 4 nitrogen and oxygen atoms in total. The van der Waals surface area contributed by atoms with Gasteiger partial charge in [-0.2, -0.15) is 0 Å². The fourth-order valence-corrected chi connectivity index (χ4v) is 1.16. The maximum Gasteiger partial charge on any atom is 0.150 e. The first kappa shape index (κ1) is 11.0. The molecule has 15 heavy (non-hydrogen) atoms. The SMILES string of the molecule is [N-]=[N+]=NCCC=Cc1ccccc1C=O. The fraction of sp³-hybridized carbons (Fsp3) is 0.182. The van der Waals surface area contributed by atoms with Crippen molar-refractivity contribution in [3.8, 4) is 0 Å².